The summed E-state index contributed by atoms with van der Waals surface area (Å²) < 4.78 is 0. The lowest BCUT2D eigenvalue weighted by Crippen LogP contribution is -2.32. The van der Waals surface area contributed by atoms with Crippen LogP contribution in [0.4, 0.5) is 0 Å². The fourth-order valence-electron chi connectivity index (χ4n) is 2.65. The summed E-state index contributed by atoms with van der Waals surface area (Å²) in [7, 11) is 0. The maximum Gasteiger partial charge on any atom is 0.226 e. The first-order valence-corrected chi connectivity index (χ1v) is 6.69. The van der Waals surface area contributed by atoms with Crippen molar-refractivity contribution in [3.8, 4) is 0 Å². The summed E-state index contributed by atoms with van der Waals surface area (Å²) in [5, 5.41) is 9.73. The lowest BCUT2D eigenvalue weighted by Gasteiger charge is -2.27. The molecule has 2 atom stereocenters. The van der Waals surface area contributed by atoms with Gasteiger partial charge < -0.3 is 10.0 Å². The predicted molar refractivity (Wildman–Crippen MR) is 74.9 cm³/mol. The highest BCUT2D eigenvalue weighted by atomic mass is 16.3. The number of aromatic nitrogens is 1. The Labute approximate surface area is 117 Å². The first-order chi connectivity index (χ1) is 9.75. The van der Waals surface area contributed by atoms with E-state index in [1.807, 2.05) is 48.5 Å². The molecule has 1 aromatic heterocycles. The first kappa shape index (κ1) is 12.8. The average molecular weight is 268 g/mol. The number of amides is 1. The molecule has 1 saturated heterocycles. The van der Waals surface area contributed by atoms with E-state index >= 15 is 0 Å². The molecule has 1 fully saturated rings. The van der Waals surface area contributed by atoms with Crippen LogP contribution in [0.2, 0.25) is 0 Å². The second-order valence-corrected chi connectivity index (χ2v) is 4.97. The van der Waals surface area contributed by atoms with E-state index in [-0.39, 0.29) is 18.4 Å². The summed E-state index contributed by atoms with van der Waals surface area (Å²) in [6.45, 7) is 0.356. The molecular weight excluding hydrogens is 252 g/mol. The van der Waals surface area contributed by atoms with E-state index in [1.165, 1.54) is 0 Å². The highest BCUT2D eigenvalue weighted by Crippen LogP contribution is 2.30. The van der Waals surface area contributed by atoms with Gasteiger partial charge in [-0.3, -0.25) is 9.78 Å². The number of hydrogen-bond donors (Lipinski definition) is 1. The Bertz CT molecular complexity index is 546. The van der Waals surface area contributed by atoms with Gasteiger partial charge in [-0.1, -0.05) is 36.4 Å². The van der Waals surface area contributed by atoms with Crippen molar-refractivity contribution in [1.82, 2.24) is 9.88 Å². The van der Waals surface area contributed by atoms with Gasteiger partial charge in [0.05, 0.1) is 24.3 Å². The molecule has 1 amide bonds. The molecule has 20 heavy (non-hydrogen) atoms. The van der Waals surface area contributed by atoms with E-state index in [1.54, 1.807) is 11.1 Å². The van der Waals surface area contributed by atoms with Crippen LogP contribution in [0.1, 0.15) is 23.7 Å². The van der Waals surface area contributed by atoms with Crippen molar-refractivity contribution in [2.75, 3.05) is 6.54 Å². The summed E-state index contributed by atoms with van der Waals surface area (Å²) >= 11 is 0. The number of nitrogens with zero attached hydrogens (tertiary/aromatic N) is 2. The minimum Gasteiger partial charge on any atom is -0.391 e. The maximum atomic E-state index is 12.1. The van der Waals surface area contributed by atoms with E-state index in [0.29, 0.717) is 6.54 Å². The molecule has 1 aromatic carbocycles. The molecule has 3 rings (SSSR count). The first-order valence-electron chi connectivity index (χ1n) is 6.69. The number of pyridine rings is 1. The zero-order valence-electron chi connectivity index (χ0n) is 11.0. The molecule has 0 spiro atoms. The second kappa shape index (κ2) is 5.43. The number of aliphatic hydroxyl groups excluding tert-OH is 1. The van der Waals surface area contributed by atoms with Crippen LogP contribution in [0.5, 0.6) is 0 Å². The van der Waals surface area contributed by atoms with Crippen molar-refractivity contribution in [1.29, 1.82) is 0 Å². The number of rotatable bonds is 3. The van der Waals surface area contributed by atoms with Crippen LogP contribution in [0, 0.1) is 0 Å². The number of hydrogen-bond acceptors (Lipinski definition) is 3. The van der Waals surface area contributed by atoms with Gasteiger partial charge in [-0.25, -0.2) is 0 Å². The largest absolute Gasteiger partial charge is 0.391 e. The van der Waals surface area contributed by atoms with Gasteiger partial charge in [0.1, 0.15) is 0 Å². The van der Waals surface area contributed by atoms with Gasteiger partial charge >= 0.3 is 0 Å². The molecule has 0 aliphatic carbocycles. The van der Waals surface area contributed by atoms with Crippen molar-refractivity contribution in [3.63, 3.8) is 0 Å². The van der Waals surface area contributed by atoms with E-state index < -0.39 is 6.10 Å². The van der Waals surface area contributed by atoms with Crippen molar-refractivity contribution in [2.45, 2.75) is 18.6 Å². The highest BCUT2D eigenvalue weighted by Gasteiger charge is 2.35. The molecule has 1 aliphatic rings. The monoisotopic (exact) mass is 268 g/mol. The van der Waals surface area contributed by atoms with Crippen molar-refractivity contribution >= 4 is 5.91 Å². The fourth-order valence-corrected chi connectivity index (χ4v) is 2.65. The highest BCUT2D eigenvalue weighted by molar-refractivity contribution is 5.80. The van der Waals surface area contributed by atoms with Crippen molar-refractivity contribution in [3.05, 3.63) is 66.0 Å². The zero-order chi connectivity index (χ0) is 13.9. The predicted octanol–water partition coefficient (Wildman–Crippen LogP) is 1.76. The smallest absolute Gasteiger partial charge is 0.226 e. The normalized spacial score (nSPS) is 20.1. The van der Waals surface area contributed by atoms with Gasteiger partial charge in [0, 0.05) is 12.7 Å². The quantitative estimate of drug-likeness (QED) is 0.923. The Morgan fingerprint density at radius 1 is 1.15 bits per heavy atom. The van der Waals surface area contributed by atoms with Gasteiger partial charge in [-0.2, -0.15) is 0 Å². The van der Waals surface area contributed by atoms with E-state index in [9.17, 15) is 9.90 Å². The number of β-amino-alcohol motifs (C(OH)–C–C–N with tert-alkyl or cyclic N) is 1. The van der Waals surface area contributed by atoms with Crippen LogP contribution in [0.3, 0.4) is 0 Å². The summed E-state index contributed by atoms with van der Waals surface area (Å²) in [5.41, 5.74) is 1.83. The van der Waals surface area contributed by atoms with Gasteiger partial charge in [0.15, 0.2) is 0 Å². The maximum absolute atomic E-state index is 12.1. The van der Waals surface area contributed by atoms with Gasteiger partial charge in [0.2, 0.25) is 5.91 Å². The number of carbonyl (C=O) groups excluding carboxylic acids is 1. The van der Waals surface area contributed by atoms with Crippen LogP contribution in [-0.2, 0) is 4.79 Å². The van der Waals surface area contributed by atoms with Crippen LogP contribution in [-0.4, -0.2) is 33.5 Å². The lowest BCUT2D eigenvalue weighted by atomic mass is 10.0. The molecule has 4 nitrogen and oxygen atoms in total. The summed E-state index contributed by atoms with van der Waals surface area (Å²) in [6.07, 6.45) is 1.33. The second-order valence-electron chi connectivity index (χ2n) is 4.97. The molecule has 4 heteroatoms. The Balaban J connectivity index is 2.03. The molecule has 2 aromatic rings. The summed E-state index contributed by atoms with van der Waals surface area (Å²) in [6, 6.07) is 15.2. The molecule has 0 saturated carbocycles. The van der Waals surface area contributed by atoms with Crippen molar-refractivity contribution in [2.24, 2.45) is 0 Å². The fraction of sp³-hybridized carbons (Fsp3) is 0.250. The van der Waals surface area contributed by atoms with E-state index in [2.05, 4.69) is 4.98 Å². The summed E-state index contributed by atoms with van der Waals surface area (Å²) in [5.74, 6) is -0.0305. The van der Waals surface area contributed by atoms with Crippen LogP contribution < -0.4 is 0 Å². The number of likely N-dealkylation sites (tertiary alicyclic amines) is 1. The Hall–Kier alpha value is -2.20. The average Bonchev–Trinajstić information content (AvgIpc) is 2.80. The number of aliphatic hydroxyl groups is 1. The van der Waals surface area contributed by atoms with Crippen LogP contribution in [0.25, 0.3) is 0 Å². The van der Waals surface area contributed by atoms with Crippen LogP contribution in [0.15, 0.2) is 54.7 Å². The van der Waals surface area contributed by atoms with Crippen molar-refractivity contribution < 1.29 is 9.90 Å². The Morgan fingerprint density at radius 2 is 1.90 bits per heavy atom. The molecule has 1 N–H and O–H groups in total. The summed E-state index contributed by atoms with van der Waals surface area (Å²) in [4.78, 5) is 18.2. The molecule has 2 heterocycles. The lowest BCUT2D eigenvalue weighted by molar-refractivity contribution is -0.129. The van der Waals surface area contributed by atoms with Crippen LogP contribution >= 0.6 is 0 Å². The number of carbonyl (C=O) groups is 1. The third-order valence-corrected chi connectivity index (χ3v) is 3.53. The van der Waals surface area contributed by atoms with Gasteiger partial charge in [-0.15, -0.1) is 0 Å². The molecule has 0 bridgehead atoms. The van der Waals surface area contributed by atoms with E-state index in [0.717, 1.165) is 11.3 Å². The Kier molecular flexibility index (Phi) is 3.48. The third-order valence-electron chi connectivity index (χ3n) is 3.53. The topological polar surface area (TPSA) is 53.4 Å². The SMILES string of the molecule is O=C1CC(O)CN1C(c1ccccc1)c1ccccn1. The minimum absolute atomic E-state index is 0.0305. The van der Waals surface area contributed by atoms with E-state index in [4.69, 9.17) is 0 Å². The number of benzene rings is 1. The molecule has 102 valence electrons. The molecule has 2 unspecified atom stereocenters. The minimum atomic E-state index is -0.586. The molecular formula is C16H16N2O2. The third kappa shape index (κ3) is 2.42. The molecule has 1 aliphatic heterocycles. The van der Waals surface area contributed by atoms with Gasteiger partial charge in [-0.05, 0) is 17.7 Å². The standard InChI is InChI=1S/C16H16N2O2/c19-13-10-15(20)18(11-13)16(12-6-2-1-3-7-12)14-8-4-5-9-17-14/h1-9,13,16,19H,10-11H2. The Morgan fingerprint density at radius 3 is 2.50 bits per heavy atom. The zero-order valence-corrected chi connectivity index (χ0v) is 11.0. The molecule has 0 radical (unpaired) electrons. The van der Waals surface area contributed by atoms with Gasteiger partial charge in [0.25, 0.3) is 0 Å².